The number of hydrogen-bond acceptors (Lipinski definition) is 4. The van der Waals surface area contributed by atoms with E-state index in [-0.39, 0.29) is 22.0 Å². The quantitative estimate of drug-likeness (QED) is 0.837. The molecule has 4 rings (SSSR count). The van der Waals surface area contributed by atoms with Crippen molar-refractivity contribution in [2.45, 2.75) is 43.9 Å². The van der Waals surface area contributed by atoms with Crippen LogP contribution in [0, 0.1) is 16.7 Å². The van der Waals surface area contributed by atoms with E-state index in [1.54, 1.807) is 18.0 Å². The van der Waals surface area contributed by atoms with Crippen LogP contribution in [0.25, 0.3) is 10.8 Å². The summed E-state index contributed by atoms with van der Waals surface area (Å²) in [6.45, 7) is 6.81. The number of benzene rings is 1. The van der Waals surface area contributed by atoms with Gasteiger partial charge in [-0.3, -0.25) is 4.79 Å². The first kappa shape index (κ1) is 14.2. The van der Waals surface area contributed by atoms with Crippen molar-refractivity contribution in [3.63, 3.8) is 0 Å². The number of aromatic nitrogens is 2. The molecule has 1 aromatic carbocycles. The van der Waals surface area contributed by atoms with E-state index >= 15 is 0 Å². The summed E-state index contributed by atoms with van der Waals surface area (Å²) in [5, 5.41) is 11.5. The van der Waals surface area contributed by atoms with Crippen LogP contribution in [0.2, 0.25) is 0 Å². The number of hydrogen-bond donors (Lipinski definition) is 0. The molecule has 2 saturated carbocycles. The number of nitrogens with zero attached hydrogens (tertiary/aromatic N) is 2. The molecule has 0 saturated heterocycles. The summed E-state index contributed by atoms with van der Waals surface area (Å²) >= 11 is 1.63. The number of carbonyl (C=O) groups is 1. The van der Waals surface area contributed by atoms with Crippen LogP contribution in [0.5, 0.6) is 0 Å². The molecule has 22 heavy (non-hydrogen) atoms. The fraction of sp³-hybridized carbons (Fsp3) is 0.500. The molecule has 3 atom stereocenters. The van der Waals surface area contributed by atoms with Crippen LogP contribution in [0.4, 0.5) is 0 Å². The Kier molecular flexibility index (Phi) is 2.93. The van der Waals surface area contributed by atoms with Crippen molar-refractivity contribution < 1.29 is 4.79 Å². The number of carbonyl (C=O) groups excluding carboxylic acids is 1. The van der Waals surface area contributed by atoms with E-state index < -0.39 is 0 Å². The van der Waals surface area contributed by atoms with Gasteiger partial charge in [0, 0.05) is 16.7 Å². The minimum Gasteiger partial charge on any atom is -0.298 e. The maximum atomic E-state index is 12.9. The van der Waals surface area contributed by atoms with E-state index in [0.717, 1.165) is 28.6 Å². The molecular formula is C18H20N2OS. The number of Topliss-reactive ketones (excluding diaryl/α,β-unsaturated/α-hetero) is 1. The van der Waals surface area contributed by atoms with Gasteiger partial charge in [0.2, 0.25) is 0 Å². The fourth-order valence-corrected chi connectivity index (χ4v) is 5.97. The summed E-state index contributed by atoms with van der Waals surface area (Å²) in [6, 6.07) is 8.13. The predicted octanol–water partition coefficient (Wildman–Crippen LogP) is 4.12. The molecule has 3 nitrogen and oxygen atoms in total. The van der Waals surface area contributed by atoms with Gasteiger partial charge in [-0.15, -0.1) is 5.10 Å². The summed E-state index contributed by atoms with van der Waals surface area (Å²) in [5.74, 6) is 0.622. The minimum atomic E-state index is 0.00126. The van der Waals surface area contributed by atoms with Crippen molar-refractivity contribution in [3.05, 3.63) is 30.5 Å². The van der Waals surface area contributed by atoms with Crippen molar-refractivity contribution in [3.8, 4) is 0 Å². The van der Waals surface area contributed by atoms with Crippen LogP contribution in [-0.4, -0.2) is 21.2 Å². The molecule has 2 bridgehead atoms. The smallest absolute Gasteiger partial charge is 0.150 e. The first-order valence-electron chi connectivity index (χ1n) is 7.86. The van der Waals surface area contributed by atoms with Crippen LogP contribution in [0.15, 0.2) is 35.5 Å². The standard InChI is InChI=1S/C18H20N2OS/c1-17(2)13-8-9-18(17,3)15(14(13)21)22-16-12-7-5-4-6-11(12)10-19-20-16/h4-7,10,13,15H,8-9H2,1-3H3/t13-,15+,18+/m0/s1. The molecule has 2 fully saturated rings. The van der Waals surface area contributed by atoms with Crippen LogP contribution < -0.4 is 0 Å². The van der Waals surface area contributed by atoms with Gasteiger partial charge in [0.15, 0.2) is 0 Å². The van der Waals surface area contributed by atoms with Crippen molar-refractivity contribution in [1.82, 2.24) is 10.2 Å². The van der Waals surface area contributed by atoms with E-state index in [0.29, 0.717) is 5.78 Å². The normalized spacial score (nSPS) is 32.8. The monoisotopic (exact) mass is 312 g/mol. The Morgan fingerprint density at radius 2 is 2.00 bits per heavy atom. The number of ketones is 1. The zero-order valence-corrected chi connectivity index (χ0v) is 14.0. The lowest BCUT2D eigenvalue weighted by molar-refractivity contribution is -0.122. The molecule has 0 aliphatic heterocycles. The Morgan fingerprint density at radius 1 is 1.23 bits per heavy atom. The molecule has 0 amide bonds. The van der Waals surface area contributed by atoms with Crippen LogP contribution in [-0.2, 0) is 4.79 Å². The van der Waals surface area contributed by atoms with Gasteiger partial charge >= 0.3 is 0 Å². The molecule has 0 N–H and O–H groups in total. The van der Waals surface area contributed by atoms with Gasteiger partial charge in [-0.25, -0.2) is 0 Å². The summed E-state index contributed by atoms with van der Waals surface area (Å²) in [5.41, 5.74) is 0.137. The van der Waals surface area contributed by atoms with Gasteiger partial charge in [0.1, 0.15) is 10.8 Å². The summed E-state index contributed by atoms with van der Waals surface area (Å²) in [6.07, 6.45) is 3.96. The Balaban J connectivity index is 1.76. The van der Waals surface area contributed by atoms with Crippen molar-refractivity contribution in [1.29, 1.82) is 0 Å². The molecule has 2 aliphatic rings. The lowest BCUT2D eigenvalue weighted by atomic mass is 9.71. The van der Waals surface area contributed by atoms with E-state index in [4.69, 9.17) is 0 Å². The largest absolute Gasteiger partial charge is 0.298 e. The van der Waals surface area contributed by atoms with Crippen molar-refractivity contribution in [2.75, 3.05) is 0 Å². The lowest BCUT2D eigenvalue weighted by Gasteiger charge is -2.37. The number of rotatable bonds is 2. The first-order valence-corrected chi connectivity index (χ1v) is 8.74. The van der Waals surface area contributed by atoms with E-state index in [1.807, 2.05) is 18.2 Å². The second-order valence-corrected chi connectivity index (χ2v) is 8.46. The van der Waals surface area contributed by atoms with Gasteiger partial charge < -0.3 is 0 Å². The molecule has 0 spiro atoms. The molecule has 1 aromatic heterocycles. The highest BCUT2D eigenvalue weighted by molar-refractivity contribution is 8.00. The average Bonchev–Trinajstić information content (AvgIpc) is 2.81. The molecule has 0 unspecified atom stereocenters. The van der Waals surface area contributed by atoms with Crippen LogP contribution in [0.3, 0.4) is 0 Å². The third-order valence-corrected chi connectivity index (χ3v) is 7.76. The van der Waals surface area contributed by atoms with E-state index in [2.05, 4.69) is 37.0 Å². The Bertz CT molecular complexity index is 767. The molecule has 2 aliphatic carbocycles. The Labute approximate surface area is 134 Å². The fourth-order valence-electron chi connectivity index (χ4n) is 4.38. The topological polar surface area (TPSA) is 42.9 Å². The SMILES string of the molecule is CC1(C)[C@H]2CC[C@]1(C)[C@H](Sc1nncc3ccccc13)C2=O. The molecule has 4 heteroatoms. The second kappa shape index (κ2) is 4.54. The zero-order chi connectivity index (χ0) is 15.5. The first-order chi connectivity index (χ1) is 10.4. The second-order valence-electron chi connectivity index (χ2n) is 7.37. The zero-order valence-electron chi connectivity index (χ0n) is 13.2. The van der Waals surface area contributed by atoms with E-state index in [9.17, 15) is 4.79 Å². The van der Waals surface area contributed by atoms with Gasteiger partial charge in [0.05, 0.1) is 11.4 Å². The van der Waals surface area contributed by atoms with Crippen molar-refractivity contribution >= 4 is 28.3 Å². The van der Waals surface area contributed by atoms with Gasteiger partial charge in [-0.1, -0.05) is 56.8 Å². The van der Waals surface area contributed by atoms with Crippen LogP contribution in [0.1, 0.15) is 33.6 Å². The Hall–Kier alpha value is -1.42. The van der Waals surface area contributed by atoms with Crippen LogP contribution >= 0.6 is 11.8 Å². The molecule has 114 valence electrons. The molecular weight excluding hydrogens is 292 g/mol. The molecule has 0 radical (unpaired) electrons. The van der Waals surface area contributed by atoms with Gasteiger partial charge in [-0.05, 0) is 23.7 Å². The highest BCUT2D eigenvalue weighted by Crippen LogP contribution is 2.67. The number of fused-ring (bicyclic) bond motifs is 3. The maximum absolute atomic E-state index is 12.9. The Morgan fingerprint density at radius 3 is 2.73 bits per heavy atom. The van der Waals surface area contributed by atoms with Gasteiger partial charge in [-0.2, -0.15) is 5.10 Å². The summed E-state index contributed by atoms with van der Waals surface area (Å²) < 4.78 is 0. The average molecular weight is 312 g/mol. The summed E-state index contributed by atoms with van der Waals surface area (Å²) in [4.78, 5) is 12.9. The van der Waals surface area contributed by atoms with Gasteiger partial charge in [0.25, 0.3) is 0 Å². The van der Waals surface area contributed by atoms with Crippen molar-refractivity contribution in [2.24, 2.45) is 16.7 Å². The predicted molar refractivity (Wildman–Crippen MR) is 88.8 cm³/mol. The lowest BCUT2D eigenvalue weighted by Crippen LogP contribution is -2.35. The molecule has 1 heterocycles. The minimum absolute atomic E-state index is 0.00126. The highest BCUT2D eigenvalue weighted by Gasteiger charge is 2.66. The molecule has 2 aromatic rings. The summed E-state index contributed by atoms with van der Waals surface area (Å²) in [7, 11) is 0. The third-order valence-electron chi connectivity index (χ3n) is 6.24. The third kappa shape index (κ3) is 1.67. The number of thioether (sulfide) groups is 1. The highest BCUT2D eigenvalue weighted by atomic mass is 32.2. The van der Waals surface area contributed by atoms with E-state index in [1.165, 1.54) is 0 Å². The maximum Gasteiger partial charge on any atom is 0.150 e.